The van der Waals surface area contributed by atoms with Gasteiger partial charge in [0.15, 0.2) is 0 Å². The fourth-order valence-corrected chi connectivity index (χ4v) is 18.9. The average Bonchev–Trinajstić information content (AvgIpc) is 1.61. The van der Waals surface area contributed by atoms with Crippen molar-refractivity contribution >= 4 is 143 Å². The smallest absolute Gasteiger partial charge is 0.0540 e. The molecule has 3 aliphatic carbocycles. The maximum absolute atomic E-state index is 2.48. The Morgan fingerprint density at radius 3 is 0.887 bits per heavy atom. The molecule has 0 spiro atoms. The SMILES string of the molecule is CC1(C)c2cc(C=Cc3ccc4c(c3)C(C)(C)c3cc(N(c5ccc6sc7ccccc7c6c5)c5cccc6ccccc56)ccc3-4)ccc2-c2ccc(C=Cc3ccc4c(c3)C(C)(C)c3cc(N(c5ccc6sc7ccccc7c6c5)c5cccc6ccccc56)ccc3-4)cc21. The van der Waals surface area contributed by atoms with E-state index < -0.39 is 0 Å². The zero-order chi connectivity index (χ0) is 65.1. The van der Waals surface area contributed by atoms with Crippen LogP contribution in [0.1, 0.15) is 97.2 Å². The molecular weight excluding hydrogens is 1210 g/mol. The molecule has 97 heavy (non-hydrogen) atoms. The van der Waals surface area contributed by atoms with Crippen LogP contribution in [-0.2, 0) is 16.2 Å². The van der Waals surface area contributed by atoms with Crippen LogP contribution in [0.4, 0.5) is 34.1 Å². The highest BCUT2D eigenvalue weighted by molar-refractivity contribution is 7.26. The molecule has 3 aliphatic rings. The molecular formula is C93H68N2S2. The van der Waals surface area contributed by atoms with Crippen molar-refractivity contribution in [3.8, 4) is 33.4 Å². The molecule has 0 saturated carbocycles. The summed E-state index contributed by atoms with van der Waals surface area (Å²) in [5, 5.41) is 10.1. The van der Waals surface area contributed by atoms with E-state index in [1.165, 1.54) is 162 Å². The summed E-state index contributed by atoms with van der Waals surface area (Å²) in [6, 6.07) is 105. The zero-order valence-corrected chi connectivity index (χ0v) is 56.7. The topological polar surface area (TPSA) is 6.48 Å². The van der Waals surface area contributed by atoms with Crippen LogP contribution in [0.5, 0.6) is 0 Å². The van der Waals surface area contributed by atoms with Gasteiger partial charge in [0.2, 0.25) is 0 Å². The summed E-state index contributed by atoms with van der Waals surface area (Å²) in [6.45, 7) is 14.4. The molecule has 14 aromatic carbocycles. The molecule has 4 heteroatoms. The van der Waals surface area contributed by atoms with E-state index in [4.69, 9.17) is 0 Å². The monoisotopic (exact) mass is 1280 g/mol. The third-order valence-electron chi connectivity index (χ3n) is 21.8. The van der Waals surface area contributed by atoms with Crippen molar-refractivity contribution in [3.63, 3.8) is 0 Å². The summed E-state index contributed by atoms with van der Waals surface area (Å²) in [7, 11) is 0. The van der Waals surface area contributed by atoms with Crippen LogP contribution in [0.3, 0.4) is 0 Å². The molecule has 2 aromatic heterocycles. The molecule has 0 unspecified atom stereocenters. The van der Waals surface area contributed by atoms with Crippen molar-refractivity contribution in [3.05, 3.63) is 335 Å². The van der Waals surface area contributed by atoms with Crippen molar-refractivity contribution in [2.24, 2.45) is 0 Å². The standard InChI is InChI=1S/C93H68N2S2/c1-91(2)79-49-57(29-31-59-35-43-71-73-45-37-65(55-83(73)92(3,4)81(71)51-59)94(85-25-15-19-61-17-7-9-21-67(61)85)63-39-47-89-77(53-63)75-23-11-13-27-87(75)96-89)33-41-69(79)70-42-34-58(50-80(70)91)30-32-60-36-44-72-74-46-38-66(56-84(74)93(5,6)82(72)52-60)95(86-26-16-20-62-18-8-10-22-68(62)86)64-40-48-90-78(54-64)76-24-12-14-28-88(76)97-90/h7-56H,1-6H3. The van der Waals surface area contributed by atoms with Crippen LogP contribution in [-0.4, -0.2) is 0 Å². The lowest BCUT2D eigenvalue weighted by Gasteiger charge is -2.29. The van der Waals surface area contributed by atoms with Crippen LogP contribution in [0.15, 0.2) is 279 Å². The number of fused-ring (bicyclic) bond motifs is 17. The number of benzene rings is 14. The maximum Gasteiger partial charge on any atom is 0.0540 e. The maximum atomic E-state index is 2.48. The Morgan fingerprint density at radius 1 is 0.237 bits per heavy atom. The quantitative estimate of drug-likeness (QED) is 0.126. The Bertz CT molecular complexity index is 5700. The van der Waals surface area contributed by atoms with Gasteiger partial charge in [-0.2, -0.15) is 0 Å². The molecule has 0 radical (unpaired) electrons. The highest BCUT2D eigenvalue weighted by Gasteiger charge is 2.39. The molecule has 462 valence electrons. The normalized spacial score (nSPS) is 14.5. The van der Waals surface area contributed by atoms with Crippen LogP contribution >= 0.6 is 22.7 Å². The highest BCUT2D eigenvalue weighted by atomic mass is 32.1. The Kier molecular flexibility index (Phi) is 12.8. The van der Waals surface area contributed by atoms with E-state index in [0.717, 1.165) is 22.7 Å². The first-order valence-corrected chi connectivity index (χ1v) is 35.6. The second-order valence-electron chi connectivity index (χ2n) is 28.4. The fraction of sp³-hybridized carbons (Fsp3) is 0.0968. The number of rotatable bonds is 10. The Morgan fingerprint density at radius 2 is 0.515 bits per heavy atom. The molecule has 2 nitrogen and oxygen atoms in total. The number of nitrogens with zero attached hydrogens (tertiary/aromatic N) is 2. The van der Waals surface area contributed by atoms with Gasteiger partial charge in [0.25, 0.3) is 0 Å². The summed E-state index contributed by atoms with van der Waals surface area (Å²) in [4.78, 5) is 4.96. The molecule has 0 amide bonds. The van der Waals surface area contributed by atoms with Crippen LogP contribution in [0.2, 0.25) is 0 Å². The van der Waals surface area contributed by atoms with Crippen LogP contribution in [0.25, 0.3) is 120 Å². The number of hydrogen-bond donors (Lipinski definition) is 0. The van der Waals surface area contributed by atoms with Crippen LogP contribution < -0.4 is 9.80 Å². The van der Waals surface area contributed by atoms with E-state index in [0.29, 0.717) is 0 Å². The van der Waals surface area contributed by atoms with E-state index in [1.54, 1.807) is 0 Å². The fourth-order valence-electron chi connectivity index (χ4n) is 16.7. The van der Waals surface area contributed by atoms with E-state index in [9.17, 15) is 0 Å². The summed E-state index contributed by atoms with van der Waals surface area (Å²) in [5.74, 6) is 0. The number of hydrogen-bond acceptors (Lipinski definition) is 4. The second kappa shape index (κ2) is 21.6. The molecule has 0 saturated heterocycles. The minimum atomic E-state index is -0.225. The van der Waals surface area contributed by atoms with E-state index in [1.807, 2.05) is 22.7 Å². The summed E-state index contributed by atoms with van der Waals surface area (Å²) in [5.41, 5.74) is 27.2. The minimum Gasteiger partial charge on any atom is -0.310 e. The van der Waals surface area contributed by atoms with Crippen molar-refractivity contribution in [2.45, 2.75) is 57.8 Å². The first-order chi connectivity index (χ1) is 47.3. The molecule has 0 N–H and O–H groups in total. The highest BCUT2D eigenvalue weighted by Crippen LogP contribution is 2.55. The minimum absolute atomic E-state index is 0.175. The first-order valence-electron chi connectivity index (χ1n) is 33.9. The van der Waals surface area contributed by atoms with Gasteiger partial charge in [-0.05, 0) is 185 Å². The molecule has 0 atom stereocenters. The summed E-state index contributed by atoms with van der Waals surface area (Å²) in [6.07, 6.45) is 9.23. The predicted molar refractivity (Wildman–Crippen MR) is 420 cm³/mol. The van der Waals surface area contributed by atoms with Gasteiger partial charge in [0, 0.05) is 90.1 Å². The molecule has 16 aromatic rings. The third kappa shape index (κ3) is 9.04. The molecule has 0 aliphatic heterocycles. The lowest BCUT2D eigenvalue weighted by atomic mass is 9.81. The Hall–Kier alpha value is -10.9. The molecule has 19 rings (SSSR count). The predicted octanol–water partition coefficient (Wildman–Crippen LogP) is 26.9. The Balaban J connectivity index is 0.583. The van der Waals surface area contributed by atoms with E-state index in [-0.39, 0.29) is 16.2 Å². The van der Waals surface area contributed by atoms with Gasteiger partial charge in [-0.1, -0.05) is 260 Å². The summed E-state index contributed by atoms with van der Waals surface area (Å²) >= 11 is 3.73. The van der Waals surface area contributed by atoms with Crippen LogP contribution in [0, 0.1) is 0 Å². The molecule has 0 bridgehead atoms. The van der Waals surface area contributed by atoms with Gasteiger partial charge < -0.3 is 9.80 Å². The van der Waals surface area contributed by atoms with Gasteiger partial charge in [-0.25, -0.2) is 0 Å². The van der Waals surface area contributed by atoms with Gasteiger partial charge >= 0.3 is 0 Å². The van der Waals surface area contributed by atoms with Gasteiger partial charge in [-0.3, -0.25) is 0 Å². The van der Waals surface area contributed by atoms with E-state index >= 15 is 0 Å². The third-order valence-corrected chi connectivity index (χ3v) is 24.1. The van der Waals surface area contributed by atoms with E-state index in [2.05, 4.69) is 355 Å². The first kappa shape index (κ1) is 57.6. The lowest BCUT2D eigenvalue weighted by Crippen LogP contribution is -2.17. The second-order valence-corrected chi connectivity index (χ2v) is 30.6. The number of anilines is 6. The van der Waals surface area contributed by atoms with Crippen molar-refractivity contribution in [1.82, 2.24) is 0 Å². The molecule has 2 heterocycles. The zero-order valence-electron chi connectivity index (χ0n) is 55.1. The summed E-state index contributed by atoms with van der Waals surface area (Å²) < 4.78 is 5.24. The molecule has 0 fully saturated rings. The Labute approximate surface area is 574 Å². The van der Waals surface area contributed by atoms with Gasteiger partial charge in [-0.15, -0.1) is 22.7 Å². The lowest BCUT2D eigenvalue weighted by molar-refractivity contribution is 0.660. The van der Waals surface area contributed by atoms with Gasteiger partial charge in [0.1, 0.15) is 0 Å². The average molecular weight is 1280 g/mol. The van der Waals surface area contributed by atoms with Crippen molar-refractivity contribution in [2.75, 3.05) is 9.80 Å². The van der Waals surface area contributed by atoms with Crippen molar-refractivity contribution < 1.29 is 0 Å². The largest absolute Gasteiger partial charge is 0.310 e. The van der Waals surface area contributed by atoms with Crippen molar-refractivity contribution in [1.29, 1.82) is 0 Å². The van der Waals surface area contributed by atoms with Gasteiger partial charge in [0.05, 0.1) is 11.4 Å². The number of thiophene rings is 2.